The average molecular weight is 354 g/mol. The first-order valence-corrected chi connectivity index (χ1v) is 8.94. The Kier molecular flexibility index (Phi) is 5.94. The monoisotopic (exact) mass is 354 g/mol. The number of nitrogens with one attached hydrogen (secondary N) is 2. The summed E-state index contributed by atoms with van der Waals surface area (Å²) >= 11 is 0. The highest BCUT2D eigenvalue weighted by molar-refractivity contribution is 5.92. The molecular formula is C20H23FN4O. The molecule has 1 aliphatic carbocycles. The van der Waals surface area contributed by atoms with E-state index < -0.39 is 0 Å². The Morgan fingerprint density at radius 2 is 2.00 bits per heavy atom. The number of hydrogen-bond acceptors (Lipinski definition) is 4. The molecule has 2 aromatic rings. The molecule has 0 spiro atoms. The molecule has 1 amide bonds. The quantitative estimate of drug-likeness (QED) is 0.760. The van der Waals surface area contributed by atoms with E-state index in [4.69, 9.17) is 0 Å². The molecule has 0 fully saturated rings. The SMILES string of the molecule is Cc1cc(C(=O)NCCC2=CCCCC2)nc(Nc2ccc(F)cc2)n1. The van der Waals surface area contributed by atoms with Crippen LogP contribution in [-0.2, 0) is 0 Å². The summed E-state index contributed by atoms with van der Waals surface area (Å²) < 4.78 is 13.0. The summed E-state index contributed by atoms with van der Waals surface area (Å²) in [6.45, 7) is 2.41. The third-order valence-corrected chi connectivity index (χ3v) is 4.30. The lowest BCUT2D eigenvalue weighted by Crippen LogP contribution is -2.26. The molecule has 26 heavy (non-hydrogen) atoms. The van der Waals surface area contributed by atoms with E-state index in [1.165, 1.54) is 30.5 Å². The van der Waals surface area contributed by atoms with Crippen molar-refractivity contribution in [3.05, 3.63) is 59.2 Å². The summed E-state index contributed by atoms with van der Waals surface area (Å²) in [6, 6.07) is 7.56. The molecule has 0 aliphatic heterocycles. The number of halogens is 1. The Morgan fingerprint density at radius 1 is 1.19 bits per heavy atom. The van der Waals surface area contributed by atoms with Gasteiger partial charge in [-0.05, 0) is 69.4 Å². The van der Waals surface area contributed by atoms with E-state index in [0.717, 1.165) is 19.3 Å². The highest BCUT2D eigenvalue weighted by atomic mass is 19.1. The fourth-order valence-corrected chi connectivity index (χ4v) is 2.96. The Balaban J connectivity index is 1.61. The lowest BCUT2D eigenvalue weighted by atomic mass is 9.97. The molecule has 0 unspecified atom stereocenters. The number of allylic oxidation sites excluding steroid dienone is 1. The van der Waals surface area contributed by atoms with Gasteiger partial charge >= 0.3 is 0 Å². The number of aromatic nitrogens is 2. The molecule has 2 N–H and O–H groups in total. The number of nitrogens with zero attached hydrogens (tertiary/aromatic N) is 2. The number of carbonyl (C=O) groups is 1. The van der Waals surface area contributed by atoms with Gasteiger partial charge < -0.3 is 10.6 Å². The molecular weight excluding hydrogens is 331 g/mol. The van der Waals surface area contributed by atoms with Gasteiger partial charge in [0.25, 0.3) is 5.91 Å². The maximum absolute atomic E-state index is 13.0. The fourth-order valence-electron chi connectivity index (χ4n) is 2.96. The van der Waals surface area contributed by atoms with Crippen LogP contribution in [0.1, 0.15) is 48.3 Å². The molecule has 136 valence electrons. The van der Waals surface area contributed by atoms with Crippen LogP contribution in [0.15, 0.2) is 42.0 Å². The van der Waals surface area contributed by atoms with Gasteiger partial charge in [-0.1, -0.05) is 11.6 Å². The van der Waals surface area contributed by atoms with E-state index in [-0.39, 0.29) is 11.7 Å². The molecule has 6 heteroatoms. The predicted octanol–water partition coefficient (Wildman–Crippen LogP) is 4.29. The number of carbonyl (C=O) groups excluding carboxylic acids is 1. The van der Waals surface area contributed by atoms with E-state index in [9.17, 15) is 9.18 Å². The average Bonchev–Trinajstić information content (AvgIpc) is 2.64. The zero-order valence-corrected chi connectivity index (χ0v) is 14.9. The first kappa shape index (κ1) is 18.0. The highest BCUT2D eigenvalue weighted by Crippen LogP contribution is 2.19. The van der Waals surface area contributed by atoms with Crippen molar-refractivity contribution >= 4 is 17.5 Å². The van der Waals surface area contributed by atoms with Crippen LogP contribution in [0.3, 0.4) is 0 Å². The normalized spacial score (nSPS) is 13.8. The van der Waals surface area contributed by atoms with Gasteiger partial charge in [-0.2, -0.15) is 0 Å². The van der Waals surface area contributed by atoms with Crippen molar-refractivity contribution in [1.82, 2.24) is 15.3 Å². The molecule has 1 aromatic carbocycles. The first-order valence-electron chi connectivity index (χ1n) is 8.94. The fraction of sp³-hybridized carbons (Fsp3) is 0.350. The minimum atomic E-state index is -0.311. The van der Waals surface area contributed by atoms with Crippen molar-refractivity contribution in [3.8, 4) is 0 Å². The van der Waals surface area contributed by atoms with Gasteiger partial charge in [-0.3, -0.25) is 4.79 Å². The van der Waals surface area contributed by atoms with E-state index in [1.54, 1.807) is 25.1 Å². The first-order chi connectivity index (χ1) is 12.6. The van der Waals surface area contributed by atoms with Gasteiger partial charge in [0.15, 0.2) is 0 Å². The van der Waals surface area contributed by atoms with Crippen molar-refractivity contribution in [2.75, 3.05) is 11.9 Å². The number of hydrogen-bond donors (Lipinski definition) is 2. The summed E-state index contributed by atoms with van der Waals surface area (Å²) in [5.74, 6) is -0.209. The van der Waals surface area contributed by atoms with Crippen molar-refractivity contribution in [2.24, 2.45) is 0 Å². The van der Waals surface area contributed by atoms with Gasteiger partial charge in [0.2, 0.25) is 5.95 Å². The number of rotatable bonds is 6. The van der Waals surface area contributed by atoms with E-state index >= 15 is 0 Å². The molecule has 1 heterocycles. The standard InChI is InChI=1S/C20H23FN4O/c1-14-13-18(19(26)22-12-11-15-5-3-2-4-6-15)25-20(23-14)24-17-9-7-16(21)8-10-17/h5,7-10,13H,2-4,6,11-12H2,1H3,(H,22,26)(H,23,24,25). The third-order valence-electron chi connectivity index (χ3n) is 4.30. The third kappa shape index (κ3) is 5.12. The Morgan fingerprint density at radius 3 is 2.73 bits per heavy atom. The van der Waals surface area contributed by atoms with Crippen LogP contribution in [0.4, 0.5) is 16.0 Å². The lowest BCUT2D eigenvalue weighted by molar-refractivity contribution is 0.0949. The second kappa shape index (κ2) is 8.56. The predicted molar refractivity (Wildman–Crippen MR) is 100.0 cm³/mol. The molecule has 0 radical (unpaired) electrons. The molecule has 0 saturated heterocycles. The molecule has 3 rings (SSSR count). The summed E-state index contributed by atoms with van der Waals surface area (Å²) in [5.41, 5.74) is 3.09. The summed E-state index contributed by atoms with van der Waals surface area (Å²) in [6.07, 6.45) is 7.95. The number of amides is 1. The molecule has 1 aliphatic rings. The van der Waals surface area contributed by atoms with Gasteiger partial charge in [0.1, 0.15) is 11.5 Å². The van der Waals surface area contributed by atoms with Crippen molar-refractivity contribution in [3.63, 3.8) is 0 Å². The number of aryl methyl sites for hydroxylation is 1. The Hall–Kier alpha value is -2.76. The van der Waals surface area contributed by atoms with Crippen molar-refractivity contribution in [2.45, 2.75) is 39.0 Å². The zero-order valence-electron chi connectivity index (χ0n) is 14.9. The smallest absolute Gasteiger partial charge is 0.270 e. The van der Waals surface area contributed by atoms with Gasteiger partial charge in [-0.25, -0.2) is 14.4 Å². The number of anilines is 2. The van der Waals surface area contributed by atoms with Crippen LogP contribution in [0.5, 0.6) is 0 Å². The van der Waals surface area contributed by atoms with Crippen molar-refractivity contribution in [1.29, 1.82) is 0 Å². The van der Waals surface area contributed by atoms with E-state index in [0.29, 0.717) is 29.6 Å². The van der Waals surface area contributed by atoms with Crippen molar-refractivity contribution < 1.29 is 9.18 Å². The van der Waals surface area contributed by atoms with Crippen LogP contribution in [0.2, 0.25) is 0 Å². The highest BCUT2D eigenvalue weighted by Gasteiger charge is 2.11. The van der Waals surface area contributed by atoms with Crippen LogP contribution < -0.4 is 10.6 Å². The minimum absolute atomic E-state index is 0.214. The molecule has 1 aromatic heterocycles. The van der Waals surface area contributed by atoms with Gasteiger partial charge in [0.05, 0.1) is 0 Å². The summed E-state index contributed by atoms with van der Waals surface area (Å²) in [4.78, 5) is 20.9. The topological polar surface area (TPSA) is 66.9 Å². The van der Waals surface area contributed by atoms with Gasteiger partial charge in [0, 0.05) is 17.9 Å². The summed E-state index contributed by atoms with van der Waals surface area (Å²) in [7, 11) is 0. The van der Waals surface area contributed by atoms with E-state index in [2.05, 4.69) is 26.7 Å². The molecule has 0 saturated carbocycles. The molecule has 0 bridgehead atoms. The minimum Gasteiger partial charge on any atom is -0.350 e. The second-order valence-electron chi connectivity index (χ2n) is 6.46. The number of benzene rings is 1. The summed E-state index contributed by atoms with van der Waals surface area (Å²) in [5, 5.41) is 5.92. The maximum Gasteiger partial charge on any atom is 0.270 e. The zero-order chi connectivity index (χ0) is 18.4. The van der Waals surface area contributed by atoms with Crippen LogP contribution >= 0.6 is 0 Å². The van der Waals surface area contributed by atoms with Crippen LogP contribution in [-0.4, -0.2) is 22.4 Å². The van der Waals surface area contributed by atoms with Crippen LogP contribution in [0, 0.1) is 12.7 Å². The maximum atomic E-state index is 13.0. The second-order valence-corrected chi connectivity index (χ2v) is 6.46. The molecule has 0 atom stereocenters. The van der Waals surface area contributed by atoms with E-state index in [1.807, 2.05) is 0 Å². The largest absolute Gasteiger partial charge is 0.350 e. The van der Waals surface area contributed by atoms with Crippen LogP contribution in [0.25, 0.3) is 0 Å². The van der Waals surface area contributed by atoms with Gasteiger partial charge in [-0.15, -0.1) is 0 Å². The lowest BCUT2D eigenvalue weighted by Gasteiger charge is -2.13. The molecule has 5 nitrogen and oxygen atoms in total. The Bertz CT molecular complexity index is 802. The Labute approximate surface area is 152 Å².